The van der Waals surface area contributed by atoms with Crippen LogP contribution >= 0.6 is 23.2 Å². The number of rotatable bonds is 6. The number of carbonyl (C=O) groups is 1. The molecule has 5 nitrogen and oxygen atoms in total. The van der Waals surface area contributed by atoms with Crippen LogP contribution in [0.4, 0.5) is 11.4 Å². The predicted octanol–water partition coefficient (Wildman–Crippen LogP) is 2.87. The molecule has 2 atom stereocenters. The number of nitrogens with one attached hydrogen (secondary N) is 1. The molecule has 0 aliphatic rings. The first-order valence-corrected chi connectivity index (χ1v) is 7.29. The van der Waals surface area contributed by atoms with Crippen LogP contribution in [0.2, 0.25) is 10.0 Å². The van der Waals surface area contributed by atoms with Crippen molar-refractivity contribution >= 4 is 40.5 Å². The molecule has 7 heteroatoms. The Labute approximate surface area is 135 Å². The number of nitrogens with zero attached hydrogens (tertiary/aromatic N) is 1. The maximum atomic E-state index is 12.3. The number of likely N-dealkylation sites (N-methyl/N-ethyl adjacent to an activating group) is 1. The standard InChI is InChI=1S/C14H21Cl2N3O2/c1-8(7-21-4)19(3)9(2)14(20)18-13-11(16)5-10(15)6-12(13)17/h5-6,8-9H,7,17H2,1-4H3,(H,18,20). The third-order valence-electron chi connectivity index (χ3n) is 3.43. The number of hydrogen-bond acceptors (Lipinski definition) is 4. The SMILES string of the molecule is COCC(C)N(C)C(C)C(=O)Nc1c(N)cc(Cl)cc1Cl. The fourth-order valence-electron chi connectivity index (χ4n) is 1.88. The lowest BCUT2D eigenvalue weighted by atomic mass is 10.2. The van der Waals surface area contributed by atoms with Gasteiger partial charge in [-0.05, 0) is 33.0 Å². The summed E-state index contributed by atoms with van der Waals surface area (Å²) in [6.45, 7) is 4.33. The molecule has 1 aromatic carbocycles. The zero-order chi connectivity index (χ0) is 16.2. The van der Waals surface area contributed by atoms with Crippen LogP contribution in [0.25, 0.3) is 0 Å². The summed E-state index contributed by atoms with van der Waals surface area (Å²) in [7, 11) is 3.49. The van der Waals surface area contributed by atoms with Crippen LogP contribution in [-0.2, 0) is 9.53 Å². The van der Waals surface area contributed by atoms with E-state index < -0.39 is 0 Å². The molecule has 118 valence electrons. The highest BCUT2D eigenvalue weighted by molar-refractivity contribution is 6.37. The second-order valence-electron chi connectivity index (χ2n) is 4.99. The number of ether oxygens (including phenoxy) is 1. The number of nitrogen functional groups attached to an aromatic ring is 1. The maximum Gasteiger partial charge on any atom is 0.241 e. The molecule has 1 aromatic rings. The van der Waals surface area contributed by atoms with Crippen LogP contribution in [0, 0.1) is 0 Å². The van der Waals surface area contributed by atoms with E-state index in [0.717, 1.165) is 0 Å². The van der Waals surface area contributed by atoms with Gasteiger partial charge in [-0.25, -0.2) is 0 Å². The van der Waals surface area contributed by atoms with E-state index in [-0.39, 0.29) is 18.0 Å². The summed E-state index contributed by atoms with van der Waals surface area (Å²) >= 11 is 11.9. The van der Waals surface area contributed by atoms with Gasteiger partial charge in [-0.15, -0.1) is 0 Å². The average molecular weight is 334 g/mol. The fourth-order valence-corrected chi connectivity index (χ4v) is 2.43. The first kappa shape index (κ1) is 18.0. The Balaban J connectivity index is 2.82. The van der Waals surface area contributed by atoms with Gasteiger partial charge in [-0.2, -0.15) is 0 Å². The first-order valence-electron chi connectivity index (χ1n) is 6.54. The molecule has 0 aliphatic carbocycles. The van der Waals surface area contributed by atoms with Gasteiger partial charge in [0.05, 0.1) is 29.0 Å². The fraction of sp³-hybridized carbons (Fsp3) is 0.500. The molecule has 0 bridgehead atoms. The Hall–Kier alpha value is -1.01. The Kier molecular flexibility index (Phi) is 6.74. The lowest BCUT2D eigenvalue weighted by molar-refractivity contribution is -0.121. The topological polar surface area (TPSA) is 67.6 Å². The highest BCUT2D eigenvalue weighted by Gasteiger charge is 2.23. The Bertz CT molecular complexity index is 488. The number of nitrogens with two attached hydrogens (primary N) is 1. The molecule has 0 saturated heterocycles. The van der Waals surface area contributed by atoms with Gasteiger partial charge in [0.2, 0.25) is 5.91 Å². The van der Waals surface area contributed by atoms with Gasteiger partial charge in [0.25, 0.3) is 0 Å². The number of methoxy groups -OCH3 is 1. The summed E-state index contributed by atoms with van der Waals surface area (Å²) in [5.74, 6) is -0.198. The molecule has 2 unspecified atom stereocenters. The predicted molar refractivity (Wildman–Crippen MR) is 88.1 cm³/mol. The quantitative estimate of drug-likeness (QED) is 0.785. The molecule has 1 amide bonds. The van der Waals surface area contributed by atoms with E-state index >= 15 is 0 Å². The summed E-state index contributed by atoms with van der Waals surface area (Å²) < 4.78 is 5.10. The van der Waals surface area contributed by atoms with Gasteiger partial charge >= 0.3 is 0 Å². The number of halogens is 2. The highest BCUT2D eigenvalue weighted by atomic mass is 35.5. The summed E-state index contributed by atoms with van der Waals surface area (Å²) in [4.78, 5) is 14.2. The van der Waals surface area contributed by atoms with Crippen molar-refractivity contribution in [3.05, 3.63) is 22.2 Å². The second kappa shape index (κ2) is 7.84. The molecule has 3 N–H and O–H groups in total. The van der Waals surface area contributed by atoms with Crippen molar-refractivity contribution in [2.75, 3.05) is 31.8 Å². The number of anilines is 2. The Morgan fingerprint density at radius 3 is 2.57 bits per heavy atom. The van der Waals surface area contributed by atoms with E-state index in [9.17, 15) is 4.79 Å². The average Bonchev–Trinajstić information content (AvgIpc) is 2.41. The van der Waals surface area contributed by atoms with Crippen molar-refractivity contribution < 1.29 is 9.53 Å². The van der Waals surface area contributed by atoms with Crippen LogP contribution in [0.5, 0.6) is 0 Å². The van der Waals surface area contributed by atoms with Crippen LogP contribution in [0.1, 0.15) is 13.8 Å². The highest BCUT2D eigenvalue weighted by Crippen LogP contribution is 2.32. The zero-order valence-corrected chi connectivity index (χ0v) is 14.1. The zero-order valence-electron chi connectivity index (χ0n) is 12.6. The van der Waals surface area contributed by atoms with Crippen LogP contribution in [0.3, 0.4) is 0 Å². The molecule has 21 heavy (non-hydrogen) atoms. The van der Waals surface area contributed by atoms with Crippen molar-refractivity contribution in [3.63, 3.8) is 0 Å². The summed E-state index contributed by atoms with van der Waals surface area (Å²) in [6, 6.07) is 2.83. The van der Waals surface area contributed by atoms with E-state index in [1.165, 1.54) is 6.07 Å². The minimum atomic E-state index is -0.360. The molecule has 0 saturated carbocycles. The molecule has 1 rings (SSSR count). The number of amides is 1. The summed E-state index contributed by atoms with van der Waals surface area (Å²) in [6.07, 6.45) is 0. The van der Waals surface area contributed by atoms with Crippen molar-refractivity contribution in [1.29, 1.82) is 0 Å². The molecular weight excluding hydrogens is 313 g/mol. The number of benzene rings is 1. The van der Waals surface area contributed by atoms with Gasteiger partial charge in [0, 0.05) is 18.2 Å². The molecule has 0 heterocycles. The van der Waals surface area contributed by atoms with Crippen LogP contribution in [0.15, 0.2) is 12.1 Å². The van der Waals surface area contributed by atoms with Crippen molar-refractivity contribution in [2.24, 2.45) is 0 Å². The molecule has 0 aromatic heterocycles. The van der Waals surface area contributed by atoms with E-state index in [0.29, 0.717) is 28.0 Å². The van der Waals surface area contributed by atoms with E-state index in [2.05, 4.69) is 5.32 Å². The lowest BCUT2D eigenvalue weighted by Crippen LogP contribution is -2.45. The van der Waals surface area contributed by atoms with Crippen molar-refractivity contribution in [1.82, 2.24) is 4.90 Å². The molecule has 0 spiro atoms. The number of carbonyl (C=O) groups excluding carboxylic acids is 1. The first-order chi connectivity index (χ1) is 9.77. The van der Waals surface area contributed by atoms with Crippen molar-refractivity contribution in [3.8, 4) is 0 Å². The van der Waals surface area contributed by atoms with Crippen LogP contribution in [-0.4, -0.2) is 43.7 Å². The van der Waals surface area contributed by atoms with Gasteiger partial charge in [0.15, 0.2) is 0 Å². The molecule has 0 fully saturated rings. The third kappa shape index (κ3) is 4.74. The van der Waals surface area contributed by atoms with Crippen LogP contribution < -0.4 is 11.1 Å². The summed E-state index contributed by atoms with van der Waals surface area (Å²) in [5.41, 5.74) is 6.55. The molecule has 0 radical (unpaired) electrons. The Morgan fingerprint density at radius 1 is 1.43 bits per heavy atom. The lowest BCUT2D eigenvalue weighted by Gasteiger charge is -2.29. The maximum absolute atomic E-state index is 12.3. The monoisotopic (exact) mass is 333 g/mol. The minimum absolute atomic E-state index is 0.105. The van der Waals surface area contributed by atoms with Gasteiger partial charge in [-0.1, -0.05) is 23.2 Å². The van der Waals surface area contributed by atoms with Gasteiger partial charge in [-0.3, -0.25) is 9.69 Å². The van der Waals surface area contributed by atoms with Crippen molar-refractivity contribution in [2.45, 2.75) is 25.9 Å². The largest absolute Gasteiger partial charge is 0.397 e. The smallest absolute Gasteiger partial charge is 0.241 e. The molecular formula is C14H21Cl2N3O2. The van der Waals surface area contributed by atoms with Gasteiger partial charge in [0.1, 0.15) is 0 Å². The number of hydrogen-bond donors (Lipinski definition) is 2. The minimum Gasteiger partial charge on any atom is -0.397 e. The van der Waals surface area contributed by atoms with E-state index in [1.54, 1.807) is 13.2 Å². The normalized spacial score (nSPS) is 14.0. The van der Waals surface area contributed by atoms with E-state index in [4.69, 9.17) is 33.7 Å². The molecule has 0 aliphatic heterocycles. The second-order valence-corrected chi connectivity index (χ2v) is 5.83. The Morgan fingerprint density at radius 2 is 2.05 bits per heavy atom. The van der Waals surface area contributed by atoms with Gasteiger partial charge < -0.3 is 15.8 Å². The summed E-state index contributed by atoms with van der Waals surface area (Å²) in [5, 5.41) is 3.48. The van der Waals surface area contributed by atoms with E-state index in [1.807, 2.05) is 25.8 Å². The third-order valence-corrected chi connectivity index (χ3v) is 3.94.